The molecular weight excluding hydrogens is 206 g/mol. The second-order valence-electron chi connectivity index (χ2n) is 3.24. The van der Waals surface area contributed by atoms with E-state index in [0.29, 0.717) is 13.1 Å². The first kappa shape index (κ1) is 12.2. The molecule has 1 heterocycles. The van der Waals surface area contributed by atoms with Crippen LogP contribution in [0, 0.1) is 0 Å². The van der Waals surface area contributed by atoms with Crippen molar-refractivity contribution in [1.29, 1.82) is 0 Å². The summed E-state index contributed by atoms with van der Waals surface area (Å²) in [6.45, 7) is 4.89. The number of rotatable bonds is 4. The number of nitrogens with two attached hydrogens (primary N) is 1. The van der Waals surface area contributed by atoms with Gasteiger partial charge in [0.25, 0.3) is 11.8 Å². The summed E-state index contributed by atoms with van der Waals surface area (Å²) in [7, 11) is 0. The van der Waals surface area contributed by atoms with Crippen molar-refractivity contribution in [2.45, 2.75) is 13.8 Å². The number of nitrogens with zero attached hydrogens (tertiary/aromatic N) is 2. The number of carbonyl (C=O) groups is 2. The van der Waals surface area contributed by atoms with Gasteiger partial charge in [-0.25, -0.2) is 0 Å². The highest BCUT2D eigenvalue weighted by atomic mass is 16.2. The van der Waals surface area contributed by atoms with Crippen LogP contribution in [0.1, 0.15) is 34.7 Å². The second kappa shape index (κ2) is 5.25. The lowest BCUT2D eigenvalue weighted by Crippen LogP contribution is -2.33. The van der Waals surface area contributed by atoms with E-state index < -0.39 is 5.91 Å². The maximum absolute atomic E-state index is 12.0. The van der Waals surface area contributed by atoms with Crippen molar-refractivity contribution in [3.05, 3.63) is 29.6 Å². The predicted octanol–water partition coefficient (Wildman–Crippen LogP) is 0.663. The van der Waals surface area contributed by atoms with Gasteiger partial charge in [0.05, 0.1) is 5.56 Å². The third kappa shape index (κ3) is 2.36. The number of hydrogen-bond donors (Lipinski definition) is 1. The Bertz CT molecular complexity index is 400. The van der Waals surface area contributed by atoms with Crippen LogP contribution < -0.4 is 5.73 Å². The molecule has 0 bridgehead atoms. The lowest BCUT2D eigenvalue weighted by atomic mass is 10.1. The smallest absolute Gasteiger partial charge is 0.273 e. The summed E-state index contributed by atoms with van der Waals surface area (Å²) in [6.07, 6.45) is 1.48. The van der Waals surface area contributed by atoms with E-state index in [1.807, 2.05) is 13.8 Å². The molecule has 0 atom stereocenters. The highest BCUT2D eigenvalue weighted by molar-refractivity contribution is 6.05. The van der Waals surface area contributed by atoms with E-state index in [4.69, 9.17) is 5.73 Å². The zero-order valence-electron chi connectivity index (χ0n) is 9.43. The molecule has 0 aliphatic carbocycles. The van der Waals surface area contributed by atoms with Gasteiger partial charge < -0.3 is 10.6 Å². The van der Waals surface area contributed by atoms with Crippen molar-refractivity contribution >= 4 is 11.8 Å². The lowest BCUT2D eigenvalue weighted by Gasteiger charge is -2.18. The number of aromatic nitrogens is 1. The van der Waals surface area contributed by atoms with Gasteiger partial charge in [0.2, 0.25) is 0 Å². The molecule has 1 aromatic heterocycles. The summed E-state index contributed by atoms with van der Waals surface area (Å²) in [5, 5.41) is 0. The van der Waals surface area contributed by atoms with Crippen LogP contribution in [0.3, 0.4) is 0 Å². The molecule has 0 unspecified atom stereocenters. The first-order chi connectivity index (χ1) is 7.61. The fourth-order valence-corrected chi connectivity index (χ4v) is 1.44. The summed E-state index contributed by atoms with van der Waals surface area (Å²) in [5.74, 6) is -0.900. The van der Waals surface area contributed by atoms with Gasteiger partial charge in [0.15, 0.2) is 0 Å². The van der Waals surface area contributed by atoms with Gasteiger partial charge in [0, 0.05) is 19.3 Å². The van der Waals surface area contributed by atoms with E-state index in [2.05, 4.69) is 4.98 Å². The van der Waals surface area contributed by atoms with Gasteiger partial charge in [0.1, 0.15) is 5.69 Å². The topological polar surface area (TPSA) is 76.3 Å². The van der Waals surface area contributed by atoms with Gasteiger partial charge in [-0.15, -0.1) is 0 Å². The quantitative estimate of drug-likeness (QED) is 0.811. The Labute approximate surface area is 94.3 Å². The highest BCUT2D eigenvalue weighted by Crippen LogP contribution is 2.08. The van der Waals surface area contributed by atoms with E-state index >= 15 is 0 Å². The maximum atomic E-state index is 12.0. The summed E-state index contributed by atoms with van der Waals surface area (Å²) < 4.78 is 0. The Kier molecular flexibility index (Phi) is 3.99. The minimum atomic E-state index is -0.636. The van der Waals surface area contributed by atoms with Crippen molar-refractivity contribution in [2.75, 3.05) is 13.1 Å². The number of amides is 2. The van der Waals surface area contributed by atoms with Crippen LogP contribution in [0.25, 0.3) is 0 Å². The van der Waals surface area contributed by atoms with E-state index in [9.17, 15) is 9.59 Å². The summed E-state index contributed by atoms with van der Waals surface area (Å²) in [4.78, 5) is 28.6. The molecule has 1 rings (SSSR count). The first-order valence-electron chi connectivity index (χ1n) is 5.15. The molecule has 1 aromatic rings. The van der Waals surface area contributed by atoms with Crippen LogP contribution in [0.5, 0.6) is 0 Å². The van der Waals surface area contributed by atoms with Gasteiger partial charge in [-0.05, 0) is 26.0 Å². The standard InChI is InChI=1S/C11H15N3O2/c1-3-14(4-2)11(16)9-8(10(12)15)6-5-7-13-9/h5-7H,3-4H2,1-2H3,(H2,12,15). The SMILES string of the molecule is CCN(CC)C(=O)c1ncccc1C(N)=O. The van der Waals surface area contributed by atoms with Crippen molar-refractivity contribution in [2.24, 2.45) is 5.73 Å². The zero-order chi connectivity index (χ0) is 12.1. The minimum absolute atomic E-state index is 0.124. The van der Waals surface area contributed by atoms with Crippen molar-refractivity contribution in [1.82, 2.24) is 9.88 Å². The van der Waals surface area contributed by atoms with Gasteiger partial charge in [-0.1, -0.05) is 0 Å². The molecule has 0 saturated heterocycles. The summed E-state index contributed by atoms with van der Waals surface area (Å²) in [5.41, 5.74) is 5.48. The lowest BCUT2D eigenvalue weighted by molar-refractivity contribution is 0.0761. The predicted molar refractivity (Wildman–Crippen MR) is 60.0 cm³/mol. The maximum Gasteiger partial charge on any atom is 0.273 e. The number of pyridine rings is 1. The first-order valence-corrected chi connectivity index (χ1v) is 5.15. The van der Waals surface area contributed by atoms with Gasteiger partial charge in [-0.3, -0.25) is 14.6 Å². The molecular formula is C11H15N3O2. The molecule has 0 aliphatic rings. The van der Waals surface area contributed by atoms with Crippen LogP contribution in [0.2, 0.25) is 0 Å². The monoisotopic (exact) mass is 221 g/mol. The Balaban J connectivity index is 3.12. The number of primary amides is 1. The molecule has 5 nitrogen and oxygen atoms in total. The van der Waals surface area contributed by atoms with E-state index in [1.54, 1.807) is 11.0 Å². The van der Waals surface area contributed by atoms with E-state index in [1.165, 1.54) is 12.3 Å². The summed E-state index contributed by atoms with van der Waals surface area (Å²) >= 11 is 0. The third-order valence-corrected chi connectivity index (χ3v) is 2.33. The normalized spacial score (nSPS) is 9.88. The Morgan fingerprint density at radius 1 is 1.38 bits per heavy atom. The van der Waals surface area contributed by atoms with Crippen molar-refractivity contribution < 1.29 is 9.59 Å². The van der Waals surface area contributed by atoms with Gasteiger partial charge in [-0.2, -0.15) is 0 Å². The van der Waals surface area contributed by atoms with Crippen LogP contribution >= 0.6 is 0 Å². The average Bonchev–Trinajstić information content (AvgIpc) is 2.30. The third-order valence-electron chi connectivity index (χ3n) is 2.33. The summed E-state index contributed by atoms with van der Waals surface area (Å²) in [6, 6.07) is 3.09. The molecule has 5 heteroatoms. The molecule has 0 fully saturated rings. The Hall–Kier alpha value is -1.91. The molecule has 16 heavy (non-hydrogen) atoms. The Morgan fingerprint density at radius 2 is 2.00 bits per heavy atom. The van der Waals surface area contributed by atoms with E-state index in [0.717, 1.165) is 0 Å². The van der Waals surface area contributed by atoms with Crippen LogP contribution in [0.15, 0.2) is 18.3 Å². The fourth-order valence-electron chi connectivity index (χ4n) is 1.44. The second-order valence-corrected chi connectivity index (χ2v) is 3.24. The van der Waals surface area contributed by atoms with Crippen LogP contribution in [-0.4, -0.2) is 34.8 Å². The largest absolute Gasteiger partial charge is 0.366 e. The molecule has 0 aromatic carbocycles. The van der Waals surface area contributed by atoms with E-state index in [-0.39, 0.29) is 17.2 Å². The molecule has 86 valence electrons. The zero-order valence-corrected chi connectivity index (χ0v) is 9.43. The highest BCUT2D eigenvalue weighted by Gasteiger charge is 2.19. The molecule has 0 radical (unpaired) electrons. The van der Waals surface area contributed by atoms with Crippen LogP contribution in [0.4, 0.5) is 0 Å². The molecule has 2 amide bonds. The Morgan fingerprint density at radius 3 is 2.50 bits per heavy atom. The fraction of sp³-hybridized carbons (Fsp3) is 0.364. The number of hydrogen-bond acceptors (Lipinski definition) is 3. The molecule has 0 aliphatic heterocycles. The minimum Gasteiger partial charge on any atom is -0.366 e. The van der Waals surface area contributed by atoms with Crippen LogP contribution in [-0.2, 0) is 0 Å². The van der Waals surface area contributed by atoms with Crippen molar-refractivity contribution in [3.63, 3.8) is 0 Å². The van der Waals surface area contributed by atoms with Gasteiger partial charge >= 0.3 is 0 Å². The molecule has 0 spiro atoms. The average molecular weight is 221 g/mol. The molecule has 0 saturated carbocycles. The molecule has 2 N–H and O–H groups in total. The number of carbonyl (C=O) groups excluding carboxylic acids is 2. The van der Waals surface area contributed by atoms with Crippen molar-refractivity contribution in [3.8, 4) is 0 Å².